The van der Waals surface area contributed by atoms with Crippen LogP contribution in [0.3, 0.4) is 0 Å². The van der Waals surface area contributed by atoms with Crippen LogP contribution in [0.2, 0.25) is 0 Å². The molecule has 0 spiro atoms. The zero-order valence-corrected chi connectivity index (χ0v) is 21.9. The van der Waals surface area contributed by atoms with Crippen molar-refractivity contribution < 1.29 is 29.0 Å². The predicted octanol–water partition coefficient (Wildman–Crippen LogP) is 5.45. The summed E-state index contributed by atoms with van der Waals surface area (Å²) in [6, 6.07) is 17.3. The maximum absolute atomic E-state index is 13.3. The van der Waals surface area contributed by atoms with E-state index in [0.717, 1.165) is 27.8 Å². The van der Waals surface area contributed by atoms with Crippen LogP contribution in [-0.4, -0.2) is 47.7 Å². The van der Waals surface area contributed by atoms with Crippen LogP contribution < -0.4 is 0 Å². The Hall–Kier alpha value is -3.71. The number of nitrogens with zero attached hydrogens (tertiary/aromatic N) is 1. The molecular weight excluding hydrogens is 482 g/mol. The Kier molecular flexibility index (Phi) is 7.21. The highest BCUT2D eigenvalue weighted by Crippen LogP contribution is 2.51. The summed E-state index contributed by atoms with van der Waals surface area (Å²) in [6.45, 7) is 4.54. The number of aromatic hydroxyl groups is 1. The second-order valence-electron chi connectivity index (χ2n) is 10.5. The summed E-state index contributed by atoms with van der Waals surface area (Å²) in [5, 5.41) is 10.4. The van der Waals surface area contributed by atoms with Crippen LogP contribution in [0.5, 0.6) is 5.75 Å². The van der Waals surface area contributed by atoms with E-state index in [4.69, 9.17) is 9.47 Å². The molecule has 2 fully saturated rings. The van der Waals surface area contributed by atoms with E-state index in [1.807, 2.05) is 36.4 Å². The van der Waals surface area contributed by atoms with Crippen LogP contribution in [0.15, 0.2) is 65.7 Å². The lowest BCUT2D eigenvalue weighted by atomic mass is 9.67. The van der Waals surface area contributed by atoms with Gasteiger partial charge in [0.2, 0.25) is 11.8 Å². The fraction of sp³-hybridized carbons (Fsp3) is 0.387. The van der Waals surface area contributed by atoms with Crippen molar-refractivity contribution in [3.05, 3.63) is 76.9 Å². The van der Waals surface area contributed by atoms with Crippen LogP contribution in [0.4, 0.5) is 4.79 Å². The summed E-state index contributed by atoms with van der Waals surface area (Å²) in [5.41, 5.74) is 5.15. The van der Waals surface area contributed by atoms with Crippen molar-refractivity contribution in [3.63, 3.8) is 0 Å². The number of para-hydroxylation sites is 1. The zero-order chi connectivity index (χ0) is 27.0. The highest BCUT2D eigenvalue weighted by Gasteiger charge is 2.59. The molecule has 0 bridgehead atoms. The number of amides is 3. The number of rotatable bonds is 6. The quantitative estimate of drug-likeness (QED) is 0.312. The average molecular weight is 516 g/mol. The summed E-state index contributed by atoms with van der Waals surface area (Å²) in [6.07, 6.45) is 2.74. The van der Waals surface area contributed by atoms with Gasteiger partial charge in [-0.25, -0.2) is 4.79 Å². The number of phenolic OH excluding ortho intramolecular Hbond substituents is 1. The number of imide groups is 3. The van der Waals surface area contributed by atoms with Crippen LogP contribution in [0, 0.1) is 23.7 Å². The molecule has 3 aliphatic rings. The van der Waals surface area contributed by atoms with Gasteiger partial charge in [0.25, 0.3) is 0 Å². The summed E-state index contributed by atoms with van der Waals surface area (Å²) in [4.78, 5) is 39.2. The van der Waals surface area contributed by atoms with Gasteiger partial charge in [0.1, 0.15) is 5.75 Å². The Bertz CT molecular complexity index is 1310. The Morgan fingerprint density at radius 3 is 2.47 bits per heavy atom. The molecule has 2 saturated heterocycles. The lowest BCUT2D eigenvalue weighted by Crippen LogP contribution is -2.38. The van der Waals surface area contributed by atoms with E-state index in [1.165, 1.54) is 7.11 Å². The van der Waals surface area contributed by atoms with E-state index in [0.29, 0.717) is 30.8 Å². The van der Waals surface area contributed by atoms with Crippen LogP contribution in [0.1, 0.15) is 44.2 Å². The lowest BCUT2D eigenvalue weighted by Gasteiger charge is -2.33. The molecule has 1 aliphatic carbocycles. The minimum atomic E-state index is -0.917. The molecular formula is C31H33NO6. The average Bonchev–Trinajstić information content (AvgIpc) is 3.45. The molecule has 38 heavy (non-hydrogen) atoms. The predicted molar refractivity (Wildman–Crippen MR) is 143 cm³/mol. The Balaban J connectivity index is 1.44. The van der Waals surface area contributed by atoms with Gasteiger partial charge in [-0.05, 0) is 54.0 Å². The number of hydrogen-bond donors (Lipinski definition) is 1. The number of allylic oxidation sites excluding steroid dienone is 2. The second kappa shape index (κ2) is 10.6. The molecule has 5 rings (SSSR count). The van der Waals surface area contributed by atoms with Crippen LogP contribution in [-0.2, 0) is 19.1 Å². The zero-order valence-electron chi connectivity index (χ0n) is 21.9. The van der Waals surface area contributed by atoms with E-state index in [2.05, 4.69) is 26.0 Å². The molecule has 0 unspecified atom stereocenters. The number of ether oxygens (including phenoxy) is 2. The Morgan fingerprint density at radius 2 is 1.79 bits per heavy atom. The van der Waals surface area contributed by atoms with Gasteiger partial charge in [-0.15, -0.1) is 0 Å². The van der Waals surface area contributed by atoms with Gasteiger partial charge in [-0.1, -0.05) is 68.0 Å². The van der Waals surface area contributed by atoms with E-state index < -0.39 is 29.7 Å². The van der Waals surface area contributed by atoms with Gasteiger partial charge in [-0.2, -0.15) is 4.90 Å². The van der Waals surface area contributed by atoms with Crippen molar-refractivity contribution >= 4 is 29.6 Å². The van der Waals surface area contributed by atoms with E-state index >= 15 is 0 Å². The molecule has 3 amide bonds. The molecule has 4 atom stereocenters. The van der Waals surface area contributed by atoms with Crippen LogP contribution >= 0.6 is 0 Å². The minimum Gasteiger partial charge on any atom is -0.507 e. The number of methoxy groups -OCH3 is 1. The standard InChI is InChI=1S/C31H33NO6/c1-18(2)22-16-23-28(30(35)32(29(23)34)31(36)37-3)24-17-38-26(27(22)24)14-13-20(19-9-5-4-6-10-19)15-21-11-7-8-12-25(21)33/h4-12,15,18,23-24,26,28,33H,13-14,16-17H2,1-3H3/b20-15-/t23-,24+,26-,28-/m1/s1. The van der Waals surface area contributed by atoms with Gasteiger partial charge in [0.15, 0.2) is 0 Å². The van der Waals surface area contributed by atoms with E-state index in [-0.39, 0.29) is 23.7 Å². The number of phenols is 1. The smallest absolute Gasteiger partial charge is 0.423 e. The molecule has 7 nitrogen and oxygen atoms in total. The van der Waals surface area contributed by atoms with Crippen LogP contribution in [0.25, 0.3) is 11.6 Å². The fourth-order valence-electron chi connectivity index (χ4n) is 6.27. The second-order valence-corrected chi connectivity index (χ2v) is 10.5. The van der Waals surface area contributed by atoms with Gasteiger partial charge in [-0.3, -0.25) is 9.59 Å². The summed E-state index contributed by atoms with van der Waals surface area (Å²) < 4.78 is 11.1. The van der Waals surface area contributed by atoms with E-state index in [9.17, 15) is 19.5 Å². The first-order chi connectivity index (χ1) is 18.3. The first-order valence-corrected chi connectivity index (χ1v) is 13.2. The molecule has 7 heteroatoms. The SMILES string of the molecule is COC(=O)N1C(=O)[C@@H]2[C@@H](CC(C(C)C)=C3[C@@H](CC/C(=C/c4ccccc4O)c4ccccc4)OC[C@@H]32)C1=O. The summed E-state index contributed by atoms with van der Waals surface area (Å²) in [7, 11) is 1.18. The molecule has 0 radical (unpaired) electrons. The van der Waals surface area contributed by atoms with Gasteiger partial charge in [0, 0.05) is 11.5 Å². The highest BCUT2D eigenvalue weighted by atomic mass is 16.5. The highest BCUT2D eigenvalue weighted by molar-refractivity contribution is 6.16. The fourth-order valence-corrected chi connectivity index (χ4v) is 6.27. The first kappa shape index (κ1) is 25.9. The molecule has 2 heterocycles. The van der Waals surface area contributed by atoms with Crippen molar-refractivity contribution in [3.8, 4) is 5.75 Å². The molecule has 198 valence electrons. The number of carbonyl (C=O) groups is 3. The normalized spacial score (nSPS) is 25.2. The van der Waals surface area contributed by atoms with Gasteiger partial charge >= 0.3 is 6.09 Å². The molecule has 2 aromatic rings. The minimum absolute atomic E-state index is 0.179. The molecule has 0 aromatic heterocycles. The maximum Gasteiger partial charge on any atom is 0.423 e. The Morgan fingerprint density at radius 1 is 1.08 bits per heavy atom. The third kappa shape index (κ3) is 4.56. The van der Waals surface area contributed by atoms with Gasteiger partial charge < -0.3 is 14.6 Å². The largest absolute Gasteiger partial charge is 0.507 e. The lowest BCUT2D eigenvalue weighted by molar-refractivity contribution is -0.137. The van der Waals surface area contributed by atoms with E-state index in [1.54, 1.807) is 12.1 Å². The third-order valence-corrected chi connectivity index (χ3v) is 8.09. The first-order valence-electron chi connectivity index (χ1n) is 13.2. The van der Waals surface area contributed by atoms with Crippen molar-refractivity contribution in [2.24, 2.45) is 23.7 Å². The monoisotopic (exact) mass is 515 g/mol. The molecule has 2 aromatic carbocycles. The maximum atomic E-state index is 13.3. The molecule has 1 N–H and O–H groups in total. The number of carbonyl (C=O) groups excluding carboxylic acids is 3. The molecule has 0 saturated carbocycles. The van der Waals surface area contributed by atoms with Crippen molar-refractivity contribution in [2.45, 2.75) is 39.2 Å². The number of hydrogen-bond acceptors (Lipinski definition) is 6. The van der Waals surface area contributed by atoms with Crippen molar-refractivity contribution in [1.82, 2.24) is 4.90 Å². The number of benzene rings is 2. The Labute approximate surface area is 222 Å². The summed E-state index contributed by atoms with van der Waals surface area (Å²) in [5.74, 6) is -1.94. The third-order valence-electron chi connectivity index (χ3n) is 8.09. The topological polar surface area (TPSA) is 93.1 Å². The van der Waals surface area contributed by atoms with Gasteiger partial charge in [0.05, 0.1) is 31.7 Å². The number of likely N-dealkylation sites (tertiary alicyclic amines) is 1. The molecule has 2 aliphatic heterocycles. The van der Waals surface area contributed by atoms with Crippen molar-refractivity contribution in [1.29, 1.82) is 0 Å². The number of fused-ring (bicyclic) bond motifs is 3. The summed E-state index contributed by atoms with van der Waals surface area (Å²) >= 11 is 0. The van der Waals surface area contributed by atoms with Crippen molar-refractivity contribution in [2.75, 3.05) is 13.7 Å².